The molecule has 0 atom stereocenters. The van der Waals surface area contributed by atoms with Crippen LogP contribution in [0.2, 0.25) is 0 Å². The molecule has 2 rings (SSSR count). The molecule has 0 aliphatic carbocycles. The van der Waals surface area contributed by atoms with Crippen LogP contribution in [0, 0.1) is 18.8 Å². The molecule has 2 heterocycles. The lowest BCUT2D eigenvalue weighted by Crippen LogP contribution is -2.21. The Labute approximate surface area is 119 Å². The molecule has 0 aromatic carbocycles. The van der Waals surface area contributed by atoms with E-state index in [4.69, 9.17) is 5.73 Å². The lowest BCUT2D eigenvalue weighted by molar-refractivity contribution is 0.0954. The van der Waals surface area contributed by atoms with Crippen molar-refractivity contribution in [2.45, 2.75) is 13.5 Å². The number of aromatic nitrogens is 1. The first-order valence-corrected chi connectivity index (χ1v) is 7.36. The van der Waals surface area contributed by atoms with E-state index in [0.29, 0.717) is 18.0 Å². The molecule has 4 nitrogen and oxygen atoms in total. The van der Waals surface area contributed by atoms with Crippen LogP contribution in [-0.2, 0) is 6.54 Å². The normalized spacial score (nSPS) is 9.79. The van der Waals surface area contributed by atoms with Gasteiger partial charge in [0.25, 0.3) is 5.91 Å². The van der Waals surface area contributed by atoms with Crippen molar-refractivity contribution in [2.24, 2.45) is 5.73 Å². The Morgan fingerprint density at radius 1 is 1.53 bits per heavy atom. The molecule has 0 unspecified atom stereocenters. The second-order valence-electron chi connectivity index (χ2n) is 3.71. The maximum Gasteiger partial charge on any atom is 0.261 e. The third-order valence-corrected chi connectivity index (χ3v) is 4.06. The molecule has 0 spiro atoms. The Kier molecular flexibility index (Phi) is 4.68. The summed E-state index contributed by atoms with van der Waals surface area (Å²) in [6.07, 6.45) is 0. The summed E-state index contributed by atoms with van der Waals surface area (Å²) in [5.41, 5.74) is 6.19. The first kappa shape index (κ1) is 13.7. The smallest absolute Gasteiger partial charge is 0.261 e. The van der Waals surface area contributed by atoms with Crippen LogP contribution in [-0.4, -0.2) is 17.4 Å². The zero-order chi connectivity index (χ0) is 13.7. The van der Waals surface area contributed by atoms with Crippen LogP contribution in [0.3, 0.4) is 0 Å². The molecule has 19 heavy (non-hydrogen) atoms. The van der Waals surface area contributed by atoms with Crippen molar-refractivity contribution >= 4 is 28.6 Å². The first-order chi connectivity index (χ1) is 9.19. The quantitative estimate of drug-likeness (QED) is 0.847. The second kappa shape index (κ2) is 6.48. The van der Waals surface area contributed by atoms with Gasteiger partial charge in [-0.05, 0) is 19.1 Å². The highest BCUT2D eigenvalue weighted by Gasteiger charge is 2.08. The average Bonchev–Trinajstić information content (AvgIpc) is 3.02. The van der Waals surface area contributed by atoms with Gasteiger partial charge in [-0.3, -0.25) is 4.79 Å². The summed E-state index contributed by atoms with van der Waals surface area (Å²) in [6, 6.07) is 3.60. The number of carbonyl (C=O) groups is 1. The van der Waals surface area contributed by atoms with Crippen molar-refractivity contribution in [3.05, 3.63) is 38.0 Å². The minimum Gasteiger partial charge on any atom is -0.346 e. The first-order valence-electron chi connectivity index (χ1n) is 5.67. The molecular weight excluding hydrogens is 278 g/mol. The average molecular weight is 291 g/mol. The fraction of sp³-hybridized carbons (Fsp3) is 0.231. The zero-order valence-corrected chi connectivity index (χ0v) is 12.0. The zero-order valence-electron chi connectivity index (χ0n) is 10.4. The summed E-state index contributed by atoms with van der Waals surface area (Å²) in [6.45, 7) is 2.71. The number of hydrogen-bond donors (Lipinski definition) is 2. The fourth-order valence-corrected chi connectivity index (χ4v) is 2.82. The molecule has 6 heteroatoms. The number of thiazole rings is 1. The van der Waals surface area contributed by atoms with Crippen LogP contribution in [0.15, 0.2) is 17.5 Å². The summed E-state index contributed by atoms with van der Waals surface area (Å²) in [4.78, 5) is 17.7. The summed E-state index contributed by atoms with van der Waals surface area (Å²) in [5.74, 6) is 5.57. The van der Waals surface area contributed by atoms with Crippen LogP contribution >= 0.6 is 22.7 Å². The molecule has 2 aromatic rings. The third-order valence-electron chi connectivity index (χ3n) is 2.24. The SMILES string of the molecule is Cc1nc(CNC(=O)c2ccc(C#CCN)s2)cs1. The monoisotopic (exact) mass is 291 g/mol. The lowest BCUT2D eigenvalue weighted by atomic mass is 10.4. The third kappa shape index (κ3) is 3.89. The van der Waals surface area contributed by atoms with E-state index in [2.05, 4.69) is 22.1 Å². The maximum atomic E-state index is 11.9. The van der Waals surface area contributed by atoms with E-state index in [9.17, 15) is 4.79 Å². The number of nitrogens with two attached hydrogens (primary N) is 1. The number of nitrogens with zero attached hydrogens (tertiary/aromatic N) is 1. The lowest BCUT2D eigenvalue weighted by Gasteiger charge is -1.99. The molecule has 0 aliphatic heterocycles. The van der Waals surface area contributed by atoms with Gasteiger partial charge >= 0.3 is 0 Å². The molecule has 0 fully saturated rings. The van der Waals surface area contributed by atoms with Crippen LogP contribution in [0.25, 0.3) is 0 Å². The minimum absolute atomic E-state index is 0.101. The van der Waals surface area contributed by atoms with E-state index >= 15 is 0 Å². The predicted molar refractivity (Wildman–Crippen MR) is 78.3 cm³/mol. The van der Waals surface area contributed by atoms with E-state index in [-0.39, 0.29) is 5.91 Å². The van der Waals surface area contributed by atoms with Gasteiger partial charge in [0.15, 0.2) is 0 Å². The molecule has 0 saturated heterocycles. The predicted octanol–water partition coefficient (Wildman–Crippen LogP) is 1.75. The molecule has 0 radical (unpaired) electrons. The van der Waals surface area contributed by atoms with Gasteiger partial charge in [0.1, 0.15) is 0 Å². The van der Waals surface area contributed by atoms with Crippen LogP contribution in [0.1, 0.15) is 25.3 Å². The topological polar surface area (TPSA) is 68.0 Å². The fourth-order valence-electron chi connectivity index (χ4n) is 1.41. The second-order valence-corrected chi connectivity index (χ2v) is 5.86. The van der Waals surface area contributed by atoms with E-state index in [0.717, 1.165) is 15.6 Å². The Balaban J connectivity index is 1.94. The number of nitrogens with one attached hydrogen (secondary N) is 1. The number of amides is 1. The Hall–Kier alpha value is -1.68. The van der Waals surface area contributed by atoms with Gasteiger partial charge in [-0.2, -0.15) is 0 Å². The van der Waals surface area contributed by atoms with Gasteiger partial charge in [0.05, 0.1) is 33.5 Å². The van der Waals surface area contributed by atoms with Crippen LogP contribution in [0.5, 0.6) is 0 Å². The van der Waals surface area contributed by atoms with Gasteiger partial charge in [-0.15, -0.1) is 22.7 Å². The van der Waals surface area contributed by atoms with Crippen LogP contribution in [0.4, 0.5) is 0 Å². The maximum absolute atomic E-state index is 11.9. The summed E-state index contributed by atoms with van der Waals surface area (Å²) < 4.78 is 0. The molecule has 2 aromatic heterocycles. The van der Waals surface area contributed by atoms with Crippen molar-refractivity contribution in [2.75, 3.05) is 6.54 Å². The molecule has 1 amide bonds. The van der Waals surface area contributed by atoms with Crippen LogP contribution < -0.4 is 11.1 Å². The number of hydrogen-bond acceptors (Lipinski definition) is 5. The van der Waals surface area contributed by atoms with E-state index < -0.39 is 0 Å². The van der Waals surface area contributed by atoms with Crippen molar-refractivity contribution in [1.29, 1.82) is 0 Å². The molecule has 98 valence electrons. The van der Waals surface area contributed by atoms with Gasteiger partial charge in [0.2, 0.25) is 0 Å². The standard InChI is InChI=1S/C13H13N3OS2/c1-9-16-10(8-18-9)7-15-13(17)12-5-4-11(19-12)3-2-6-14/h4-5,8H,6-7,14H2,1H3,(H,15,17). The van der Waals surface area contributed by atoms with Gasteiger partial charge in [-0.25, -0.2) is 4.98 Å². The van der Waals surface area contributed by atoms with Gasteiger partial charge < -0.3 is 11.1 Å². The van der Waals surface area contributed by atoms with E-state index in [1.807, 2.05) is 18.4 Å². The highest BCUT2D eigenvalue weighted by Crippen LogP contribution is 2.15. The van der Waals surface area contributed by atoms with Gasteiger partial charge in [0, 0.05) is 5.38 Å². The molecule has 0 saturated carbocycles. The summed E-state index contributed by atoms with van der Waals surface area (Å²) in [7, 11) is 0. The summed E-state index contributed by atoms with van der Waals surface area (Å²) >= 11 is 2.94. The number of rotatable bonds is 3. The largest absolute Gasteiger partial charge is 0.346 e. The van der Waals surface area contributed by atoms with E-state index in [1.165, 1.54) is 11.3 Å². The Bertz CT molecular complexity index is 634. The molecule has 0 bridgehead atoms. The molecule has 0 aliphatic rings. The van der Waals surface area contributed by atoms with Gasteiger partial charge in [-0.1, -0.05) is 11.8 Å². The number of aryl methyl sites for hydroxylation is 1. The van der Waals surface area contributed by atoms with E-state index in [1.54, 1.807) is 17.4 Å². The minimum atomic E-state index is -0.101. The highest BCUT2D eigenvalue weighted by molar-refractivity contribution is 7.14. The van der Waals surface area contributed by atoms with Crippen molar-refractivity contribution < 1.29 is 4.79 Å². The Morgan fingerprint density at radius 2 is 2.37 bits per heavy atom. The molecule has 3 N–H and O–H groups in total. The van der Waals surface area contributed by atoms with Crippen molar-refractivity contribution in [3.8, 4) is 11.8 Å². The highest BCUT2D eigenvalue weighted by atomic mass is 32.1. The number of thiophene rings is 1. The summed E-state index contributed by atoms with van der Waals surface area (Å²) in [5, 5.41) is 5.79. The molecular formula is C13H13N3OS2. The van der Waals surface area contributed by atoms with Crippen molar-refractivity contribution in [1.82, 2.24) is 10.3 Å². The Morgan fingerprint density at radius 3 is 3.05 bits per heavy atom. The van der Waals surface area contributed by atoms with Crippen molar-refractivity contribution in [3.63, 3.8) is 0 Å². The number of carbonyl (C=O) groups excluding carboxylic acids is 1.